The summed E-state index contributed by atoms with van der Waals surface area (Å²) in [7, 11) is 0. The van der Waals surface area contributed by atoms with Crippen molar-refractivity contribution < 1.29 is 8.83 Å². The van der Waals surface area contributed by atoms with E-state index in [2.05, 4.69) is 15.0 Å². The molecule has 0 saturated carbocycles. The van der Waals surface area contributed by atoms with Crippen LogP contribution in [0.5, 0.6) is 0 Å². The number of aromatic nitrogens is 3. The van der Waals surface area contributed by atoms with E-state index in [0.29, 0.717) is 11.6 Å². The van der Waals surface area contributed by atoms with Crippen molar-refractivity contribution in [2.45, 2.75) is 0 Å². The number of furan rings is 2. The first-order valence-corrected chi connectivity index (χ1v) is 6.02. The van der Waals surface area contributed by atoms with Crippen molar-refractivity contribution >= 4 is 24.3 Å². The predicted molar refractivity (Wildman–Crippen MR) is 75.1 cm³/mol. The molecule has 0 fully saturated rings. The van der Waals surface area contributed by atoms with Gasteiger partial charge in [0.25, 0.3) is 0 Å². The van der Waals surface area contributed by atoms with Gasteiger partial charge in [0.1, 0.15) is 17.8 Å². The molecule has 0 N–H and O–H groups in total. The molecule has 0 aliphatic carbocycles. The van der Waals surface area contributed by atoms with Crippen LogP contribution in [0.25, 0.3) is 24.3 Å². The van der Waals surface area contributed by atoms with Crippen molar-refractivity contribution in [1.82, 2.24) is 15.0 Å². The lowest BCUT2D eigenvalue weighted by Crippen LogP contribution is -1.93. The zero-order valence-corrected chi connectivity index (χ0v) is 10.5. The van der Waals surface area contributed by atoms with E-state index in [-0.39, 0.29) is 0 Å². The van der Waals surface area contributed by atoms with Gasteiger partial charge >= 0.3 is 0 Å². The minimum atomic E-state index is 0.565. The molecule has 0 radical (unpaired) electrons. The SMILES string of the molecule is C(=Cc1ccco1)c1ncnc(C=Cc2ccco2)n1. The fourth-order valence-corrected chi connectivity index (χ4v) is 1.57. The number of nitrogens with zero attached hydrogens (tertiary/aromatic N) is 3. The average molecular weight is 265 g/mol. The van der Waals surface area contributed by atoms with Crippen LogP contribution in [0.4, 0.5) is 0 Å². The molecule has 0 amide bonds. The molecule has 3 rings (SSSR count). The van der Waals surface area contributed by atoms with E-state index in [1.165, 1.54) is 6.33 Å². The standard InChI is InChI=1S/C15H11N3O2/c1-3-12(19-9-1)5-7-14-16-11-17-15(18-14)8-6-13-4-2-10-20-13/h1-11H. The van der Waals surface area contributed by atoms with Gasteiger partial charge in [-0.05, 0) is 48.6 Å². The molecule has 3 heterocycles. The third kappa shape index (κ3) is 3.08. The van der Waals surface area contributed by atoms with Gasteiger partial charge in [0, 0.05) is 0 Å². The van der Waals surface area contributed by atoms with Gasteiger partial charge in [-0.3, -0.25) is 0 Å². The summed E-state index contributed by atoms with van der Waals surface area (Å²) >= 11 is 0. The van der Waals surface area contributed by atoms with Crippen LogP contribution < -0.4 is 0 Å². The summed E-state index contributed by atoms with van der Waals surface area (Å²) in [6, 6.07) is 7.36. The highest BCUT2D eigenvalue weighted by Crippen LogP contribution is 2.07. The molecule has 0 aliphatic rings. The molecule has 3 aromatic heterocycles. The Morgan fingerprint density at radius 1 is 0.750 bits per heavy atom. The normalized spacial score (nSPS) is 11.6. The highest BCUT2D eigenvalue weighted by Gasteiger charge is 1.96. The molecular formula is C15H11N3O2. The fourth-order valence-electron chi connectivity index (χ4n) is 1.57. The lowest BCUT2D eigenvalue weighted by molar-refractivity contribution is 0.557. The predicted octanol–water partition coefficient (Wildman–Crippen LogP) is 3.40. The molecule has 0 aliphatic heterocycles. The van der Waals surface area contributed by atoms with E-state index in [1.54, 1.807) is 36.8 Å². The Bertz CT molecular complexity index is 654. The van der Waals surface area contributed by atoms with Crippen molar-refractivity contribution in [1.29, 1.82) is 0 Å². The van der Waals surface area contributed by atoms with Gasteiger partial charge in [0.15, 0.2) is 11.6 Å². The molecule has 0 unspecified atom stereocenters. The minimum absolute atomic E-state index is 0.565. The molecule has 0 bridgehead atoms. The van der Waals surface area contributed by atoms with Gasteiger partial charge in [-0.25, -0.2) is 15.0 Å². The van der Waals surface area contributed by atoms with Crippen molar-refractivity contribution in [3.05, 3.63) is 66.3 Å². The maximum atomic E-state index is 5.20. The maximum Gasteiger partial charge on any atom is 0.156 e. The third-order valence-electron chi connectivity index (χ3n) is 2.49. The van der Waals surface area contributed by atoms with Crippen molar-refractivity contribution in [3.8, 4) is 0 Å². The molecular weight excluding hydrogens is 254 g/mol. The van der Waals surface area contributed by atoms with E-state index in [4.69, 9.17) is 8.83 Å². The summed E-state index contributed by atoms with van der Waals surface area (Å²) in [4.78, 5) is 12.4. The Hall–Kier alpha value is -2.95. The van der Waals surface area contributed by atoms with E-state index in [1.807, 2.05) is 24.3 Å². The largest absolute Gasteiger partial charge is 0.465 e. The van der Waals surface area contributed by atoms with Gasteiger partial charge < -0.3 is 8.83 Å². The Labute approximate surface area is 115 Å². The van der Waals surface area contributed by atoms with Crippen LogP contribution in [-0.4, -0.2) is 15.0 Å². The summed E-state index contributed by atoms with van der Waals surface area (Å²) in [6.45, 7) is 0. The highest BCUT2D eigenvalue weighted by atomic mass is 16.3. The zero-order valence-electron chi connectivity index (χ0n) is 10.5. The lowest BCUT2D eigenvalue weighted by atomic mass is 10.3. The first kappa shape index (κ1) is 12.1. The maximum absolute atomic E-state index is 5.20. The van der Waals surface area contributed by atoms with E-state index < -0.39 is 0 Å². The molecule has 98 valence electrons. The number of hydrogen-bond acceptors (Lipinski definition) is 5. The van der Waals surface area contributed by atoms with E-state index in [0.717, 1.165) is 11.5 Å². The van der Waals surface area contributed by atoms with Crippen LogP contribution in [0, 0.1) is 0 Å². The molecule has 3 aromatic rings. The second-order valence-electron chi connectivity index (χ2n) is 3.90. The zero-order chi connectivity index (χ0) is 13.6. The quantitative estimate of drug-likeness (QED) is 0.723. The van der Waals surface area contributed by atoms with Gasteiger partial charge in [-0.1, -0.05) is 0 Å². The second-order valence-corrected chi connectivity index (χ2v) is 3.90. The van der Waals surface area contributed by atoms with E-state index >= 15 is 0 Å². The summed E-state index contributed by atoms with van der Waals surface area (Å²) in [5, 5.41) is 0. The summed E-state index contributed by atoms with van der Waals surface area (Å²) in [6.07, 6.45) is 11.8. The summed E-state index contributed by atoms with van der Waals surface area (Å²) in [5.41, 5.74) is 0. The van der Waals surface area contributed by atoms with Gasteiger partial charge in [-0.2, -0.15) is 0 Å². The molecule has 0 atom stereocenters. The number of hydrogen-bond donors (Lipinski definition) is 0. The first-order chi connectivity index (χ1) is 9.90. The molecule has 5 nitrogen and oxygen atoms in total. The monoisotopic (exact) mass is 265 g/mol. The molecule has 20 heavy (non-hydrogen) atoms. The Morgan fingerprint density at radius 2 is 1.30 bits per heavy atom. The van der Waals surface area contributed by atoms with Gasteiger partial charge in [-0.15, -0.1) is 0 Å². The van der Waals surface area contributed by atoms with Crippen LogP contribution >= 0.6 is 0 Å². The summed E-state index contributed by atoms with van der Waals surface area (Å²) in [5.74, 6) is 2.63. The van der Waals surface area contributed by atoms with Crippen molar-refractivity contribution in [3.63, 3.8) is 0 Å². The van der Waals surface area contributed by atoms with Crippen LogP contribution in [0.3, 0.4) is 0 Å². The van der Waals surface area contributed by atoms with Crippen molar-refractivity contribution in [2.75, 3.05) is 0 Å². The Morgan fingerprint density at radius 3 is 1.75 bits per heavy atom. The van der Waals surface area contributed by atoms with Crippen molar-refractivity contribution in [2.24, 2.45) is 0 Å². The highest BCUT2D eigenvalue weighted by molar-refractivity contribution is 5.66. The van der Waals surface area contributed by atoms with Crippen LogP contribution in [0.1, 0.15) is 23.2 Å². The first-order valence-electron chi connectivity index (χ1n) is 6.02. The number of rotatable bonds is 4. The molecule has 5 heteroatoms. The summed E-state index contributed by atoms with van der Waals surface area (Å²) < 4.78 is 10.4. The van der Waals surface area contributed by atoms with Gasteiger partial charge in [0.2, 0.25) is 0 Å². The topological polar surface area (TPSA) is 65.0 Å². The molecule has 0 spiro atoms. The van der Waals surface area contributed by atoms with Gasteiger partial charge in [0.05, 0.1) is 12.5 Å². The van der Waals surface area contributed by atoms with E-state index in [9.17, 15) is 0 Å². The average Bonchev–Trinajstić information content (AvgIpc) is 3.17. The van der Waals surface area contributed by atoms with Crippen LogP contribution in [0.15, 0.2) is 52.0 Å². The second kappa shape index (κ2) is 5.79. The minimum Gasteiger partial charge on any atom is -0.465 e. The van der Waals surface area contributed by atoms with Crippen LogP contribution in [-0.2, 0) is 0 Å². The Balaban J connectivity index is 1.76. The Kier molecular flexibility index (Phi) is 3.51. The molecule has 0 saturated heterocycles. The lowest BCUT2D eigenvalue weighted by Gasteiger charge is -1.93. The third-order valence-corrected chi connectivity index (χ3v) is 2.49. The fraction of sp³-hybridized carbons (Fsp3) is 0. The smallest absolute Gasteiger partial charge is 0.156 e. The molecule has 0 aromatic carbocycles. The van der Waals surface area contributed by atoms with Crippen LogP contribution in [0.2, 0.25) is 0 Å².